The molecule has 0 bridgehead atoms. The Morgan fingerprint density at radius 3 is 2.10 bits per heavy atom. The molecule has 10 nitrogen and oxygen atoms in total. The maximum Gasteiger partial charge on any atom is 0.533 e. The molecule has 0 fully saturated rings. The van der Waals surface area contributed by atoms with E-state index in [1.54, 1.807) is 19.9 Å². The number of carboxylic acids is 2. The van der Waals surface area contributed by atoms with Crippen molar-refractivity contribution in [3.05, 3.63) is 39.9 Å². The summed E-state index contributed by atoms with van der Waals surface area (Å²) in [7, 11) is 0. The molecule has 2 aliphatic carbocycles. The highest BCUT2D eigenvalue weighted by Crippen LogP contribution is 2.42. The first-order valence-electron chi connectivity index (χ1n) is 9.65. The Labute approximate surface area is 178 Å². The molecule has 1 amide bonds. The number of fused-ring (bicyclic) bond motifs is 1. The van der Waals surface area contributed by atoms with Crippen LogP contribution in [-0.4, -0.2) is 40.8 Å². The minimum absolute atomic E-state index is 0.0829. The van der Waals surface area contributed by atoms with Crippen LogP contribution in [0.1, 0.15) is 58.2 Å². The van der Waals surface area contributed by atoms with Crippen molar-refractivity contribution < 1.29 is 39.0 Å². The number of rotatable bonds is 7. The third-order valence-corrected chi connectivity index (χ3v) is 4.83. The third-order valence-electron chi connectivity index (χ3n) is 4.83. The van der Waals surface area contributed by atoms with Gasteiger partial charge in [0.2, 0.25) is 0 Å². The average Bonchev–Trinajstić information content (AvgIpc) is 2.91. The highest BCUT2D eigenvalue weighted by atomic mass is 16.8. The summed E-state index contributed by atoms with van der Waals surface area (Å²) in [6, 6.07) is 3.01. The molecule has 31 heavy (non-hydrogen) atoms. The smallest absolute Gasteiger partial charge is 0.478 e. The van der Waals surface area contributed by atoms with E-state index in [-0.39, 0.29) is 41.0 Å². The van der Waals surface area contributed by atoms with Crippen LogP contribution in [0.5, 0.6) is 0 Å². The van der Waals surface area contributed by atoms with Gasteiger partial charge in [-0.1, -0.05) is 26.0 Å². The Morgan fingerprint density at radius 2 is 1.58 bits per heavy atom. The number of anilines is 1. The van der Waals surface area contributed by atoms with Gasteiger partial charge in [0, 0.05) is 5.56 Å². The normalized spacial score (nSPS) is 10.5. The lowest BCUT2D eigenvalue weighted by Gasteiger charge is -2.12. The van der Waals surface area contributed by atoms with Gasteiger partial charge in [0.05, 0.1) is 29.8 Å². The topological polar surface area (TPSA) is 165 Å². The van der Waals surface area contributed by atoms with Crippen molar-refractivity contribution in [2.45, 2.75) is 40.0 Å². The van der Waals surface area contributed by atoms with Crippen LogP contribution >= 0.6 is 0 Å². The van der Waals surface area contributed by atoms with Crippen LogP contribution in [0.3, 0.4) is 0 Å². The number of nitrogens with one attached hydrogen (secondary N) is 1. The number of hydroxylamine groups is 1. The van der Waals surface area contributed by atoms with Crippen molar-refractivity contribution in [3.8, 4) is 11.1 Å². The van der Waals surface area contributed by atoms with Crippen molar-refractivity contribution >= 4 is 29.7 Å². The summed E-state index contributed by atoms with van der Waals surface area (Å²) < 4.78 is 4.56. The maximum atomic E-state index is 12.3. The van der Waals surface area contributed by atoms with E-state index < -0.39 is 24.0 Å². The Balaban J connectivity index is 2.64. The summed E-state index contributed by atoms with van der Waals surface area (Å²) in [6.45, 7) is 5.30. The number of hydrogen-bond donors (Lipinski definition) is 4. The zero-order chi connectivity index (χ0) is 23.3. The molecular weight excluding hydrogens is 408 g/mol. The van der Waals surface area contributed by atoms with E-state index in [0.29, 0.717) is 29.5 Å². The standard InChI is InChI=1S/C21H24N2O8/c1-4-11-10(9-14(24)23-31-21(29)30-6-3)7-8-13-15(12(11)5-2)17(20(27)28)18(22)16(13)19(25)26/h7-8H,4-6,9,22H2,1-3H3,(H,23,24)(H,25,26)(H,27,28). The lowest BCUT2D eigenvalue weighted by atomic mass is 9.93. The Kier molecular flexibility index (Phi) is 7.41. The van der Waals surface area contributed by atoms with E-state index in [4.69, 9.17) is 5.73 Å². The van der Waals surface area contributed by atoms with Crippen LogP contribution < -0.4 is 11.2 Å². The molecule has 0 aromatic carbocycles. The van der Waals surface area contributed by atoms with Gasteiger partial charge >= 0.3 is 18.1 Å². The molecule has 0 spiro atoms. The molecule has 0 unspecified atom stereocenters. The summed E-state index contributed by atoms with van der Waals surface area (Å²) in [5.74, 6) is -3.31. The van der Waals surface area contributed by atoms with Crippen LogP contribution in [0.2, 0.25) is 0 Å². The fourth-order valence-corrected chi connectivity index (χ4v) is 3.68. The van der Waals surface area contributed by atoms with Gasteiger partial charge < -0.3 is 25.5 Å². The zero-order valence-corrected chi connectivity index (χ0v) is 17.4. The number of carbonyl (C=O) groups excluding carboxylic acids is 2. The first-order valence-corrected chi connectivity index (χ1v) is 9.65. The van der Waals surface area contributed by atoms with Gasteiger partial charge in [-0.05, 0) is 42.0 Å². The monoisotopic (exact) mass is 432 g/mol. The van der Waals surface area contributed by atoms with Gasteiger partial charge in [-0.25, -0.2) is 14.4 Å². The van der Waals surface area contributed by atoms with E-state index in [9.17, 15) is 29.4 Å². The van der Waals surface area contributed by atoms with Gasteiger partial charge in [-0.15, -0.1) is 0 Å². The van der Waals surface area contributed by atoms with Gasteiger partial charge in [0.1, 0.15) is 0 Å². The summed E-state index contributed by atoms with van der Waals surface area (Å²) in [5, 5.41) is 19.3. The van der Waals surface area contributed by atoms with E-state index in [0.717, 1.165) is 0 Å². The summed E-state index contributed by atoms with van der Waals surface area (Å²) in [4.78, 5) is 51.7. The van der Waals surface area contributed by atoms with E-state index in [2.05, 4.69) is 9.57 Å². The molecule has 0 saturated heterocycles. The molecule has 0 atom stereocenters. The molecule has 0 radical (unpaired) electrons. The zero-order valence-electron chi connectivity index (χ0n) is 17.4. The quantitative estimate of drug-likeness (QED) is 0.380. The average molecular weight is 432 g/mol. The van der Waals surface area contributed by atoms with E-state index >= 15 is 0 Å². The lowest BCUT2D eigenvalue weighted by molar-refractivity contribution is -0.130. The fraction of sp³-hybridized carbons (Fsp3) is 0.333. The Morgan fingerprint density at radius 1 is 0.968 bits per heavy atom. The van der Waals surface area contributed by atoms with Crippen molar-refractivity contribution in [1.82, 2.24) is 5.48 Å². The number of ether oxygens (including phenoxy) is 1. The number of hydrogen-bond acceptors (Lipinski definition) is 7. The van der Waals surface area contributed by atoms with Gasteiger partial charge in [0.25, 0.3) is 5.91 Å². The summed E-state index contributed by atoms with van der Waals surface area (Å²) >= 11 is 0. The predicted molar refractivity (Wildman–Crippen MR) is 110 cm³/mol. The predicted octanol–water partition coefficient (Wildman–Crippen LogP) is 2.64. The lowest BCUT2D eigenvalue weighted by Crippen LogP contribution is -2.29. The SMILES string of the molecule is CCOC(=O)ONC(=O)Cc1ccc2c(C(=O)O)c(N)c(C(=O)O)c-2c(CC)c1CC. The molecule has 2 rings (SSSR count). The van der Waals surface area contributed by atoms with Gasteiger partial charge in [-0.2, -0.15) is 5.48 Å². The van der Waals surface area contributed by atoms with Crippen LogP contribution in [0.4, 0.5) is 10.5 Å². The fourth-order valence-electron chi connectivity index (χ4n) is 3.68. The van der Waals surface area contributed by atoms with Crippen LogP contribution in [0, 0.1) is 0 Å². The highest BCUT2D eigenvalue weighted by Gasteiger charge is 2.32. The number of nitrogens with two attached hydrogens (primary N) is 1. The number of amides is 1. The molecule has 0 aromatic heterocycles. The molecule has 5 N–H and O–H groups in total. The highest BCUT2D eigenvalue weighted by molar-refractivity contribution is 6.15. The molecule has 0 aliphatic heterocycles. The van der Waals surface area contributed by atoms with E-state index in [1.165, 1.54) is 6.07 Å². The Hall–Kier alpha value is -3.82. The number of nitrogen functional groups attached to an aromatic ring is 1. The molecule has 0 saturated carbocycles. The van der Waals surface area contributed by atoms with Gasteiger partial charge in [-0.3, -0.25) is 4.79 Å². The van der Waals surface area contributed by atoms with Crippen molar-refractivity contribution in [1.29, 1.82) is 0 Å². The van der Waals surface area contributed by atoms with Crippen molar-refractivity contribution in [2.24, 2.45) is 0 Å². The second-order valence-electron chi connectivity index (χ2n) is 6.57. The first-order chi connectivity index (χ1) is 14.7. The minimum atomic E-state index is -1.34. The molecule has 0 aromatic rings. The van der Waals surface area contributed by atoms with Crippen LogP contribution in [0.15, 0.2) is 12.1 Å². The number of carboxylic acid groups (broad SMARTS) is 2. The van der Waals surface area contributed by atoms with Gasteiger partial charge in [0.15, 0.2) is 0 Å². The van der Waals surface area contributed by atoms with Crippen molar-refractivity contribution in [2.75, 3.05) is 12.3 Å². The Bertz CT molecular complexity index is 1020. The first kappa shape index (κ1) is 23.5. The summed E-state index contributed by atoms with van der Waals surface area (Å²) in [6.07, 6.45) is -0.412. The van der Waals surface area contributed by atoms with Crippen LogP contribution in [0.25, 0.3) is 11.1 Å². The minimum Gasteiger partial charge on any atom is -0.478 e. The van der Waals surface area contributed by atoms with E-state index in [1.807, 2.05) is 12.4 Å². The number of carbonyl (C=O) groups is 4. The second-order valence-corrected chi connectivity index (χ2v) is 6.57. The largest absolute Gasteiger partial charge is 0.533 e. The molecule has 2 aliphatic rings. The summed E-state index contributed by atoms with van der Waals surface area (Å²) in [5.41, 5.74) is 9.28. The second kappa shape index (κ2) is 9.79. The molecular formula is C21H24N2O8. The molecule has 0 heterocycles. The van der Waals surface area contributed by atoms with Crippen molar-refractivity contribution in [3.63, 3.8) is 0 Å². The maximum absolute atomic E-state index is 12.3. The van der Waals surface area contributed by atoms with Crippen LogP contribution in [-0.2, 0) is 33.6 Å². The number of aromatic carboxylic acids is 2. The molecule has 10 heteroatoms. The molecule has 166 valence electrons. The third kappa shape index (κ3) is 4.68.